The summed E-state index contributed by atoms with van der Waals surface area (Å²) in [6.45, 7) is 5.48. The number of likely N-dealkylation sites (tertiary alicyclic amines) is 1. The molecule has 0 bridgehead atoms. The molecule has 1 aromatic heterocycles. The van der Waals surface area contributed by atoms with Gasteiger partial charge in [-0.1, -0.05) is 6.07 Å². The lowest BCUT2D eigenvalue weighted by Gasteiger charge is -2.34. The molecule has 1 saturated carbocycles. The Balaban J connectivity index is 1.54. The topological polar surface area (TPSA) is 59.0 Å². The quantitative estimate of drug-likeness (QED) is 0.624. The second kappa shape index (κ2) is 9.76. The predicted octanol–water partition coefficient (Wildman–Crippen LogP) is 2.98. The number of hydrogen-bond acceptors (Lipinski definition) is 4. The molecule has 2 heterocycles. The van der Waals surface area contributed by atoms with Crippen LogP contribution in [0, 0.1) is 0 Å². The summed E-state index contributed by atoms with van der Waals surface area (Å²) in [7, 11) is 1.84. The first kappa shape index (κ1) is 19.0. The lowest BCUT2D eigenvalue weighted by molar-refractivity contribution is 0.0263. The van der Waals surface area contributed by atoms with Gasteiger partial charge in [0.2, 0.25) is 5.88 Å². The average molecular weight is 361 g/mol. The number of aromatic nitrogens is 1. The van der Waals surface area contributed by atoms with Crippen molar-refractivity contribution in [2.24, 2.45) is 4.99 Å². The summed E-state index contributed by atoms with van der Waals surface area (Å²) in [6, 6.07) is 4.05. The highest BCUT2D eigenvalue weighted by Gasteiger charge is 2.22. The van der Waals surface area contributed by atoms with Gasteiger partial charge in [0.25, 0.3) is 0 Å². The fraction of sp³-hybridized carbons (Fsp3) is 0.700. The largest absolute Gasteiger partial charge is 0.474 e. The fourth-order valence-corrected chi connectivity index (χ4v) is 3.81. The maximum Gasteiger partial charge on any atom is 0.218 e. The predicted molar refractivity (Wildman–Crippen MR) is 104 cm³/mol. The van der Waals surface area contributed by atoms with Crippen LogP contribution < -0.4 is 10.1 Å². The molecule has 1 aliphatic carbocycles. The fourth-order valence-electron chi connectivity index (χ4n) is 3.81. The summed E-state index contributed by atoms with van der Waals surface area (Å²) in [5, 5.41) is 3.48. The second-order valence-corrected chi connectivity index (χ2v) is 7.03. The summed E-state index contributed by atoms with van der Waals surface area (Å²) in [6.07, 6.45) is 9.42. The van der Waals surface area contributed by atoms with Crippen molar-refractivity contribution in [3.05, 3.63) is 23.9 Å². The van der Waals surface area contributed by atoms with Gasteiger partial charge in [-0.2, -0.15) is 0 Å². The maximum atomic E-state index is 6.14. The van der Waals surface area contributed by atoms with Crippen molar-refractivity contribution in [1.82, 2.24) is 15.2 Å². The van der Waals surface area contributed by atoms with E-state index in [2.05, 4.69) is 33.2 Å². The van der Waals surface area contributed by atoms with E-state index in [0.717, 1.165) is 62.8 Å². The van der Waals surface area contributed by atoms with E-state index >= 15 is 0 Å². The minimum atomic E-state index is 0.320. The molecule has 0 spiro atoms. The van der Waals surface area contributed by atoms with E-state index in [1.807, 2.05) is 13.1 Å². The van der Waals surface area contributed by atoms with Crippen molar-refractivity contribution in [3.8, 4) is 5.88 Å². The summed E-state index contributed by atoms with van der Waals surface area (Å²) in [4.78, 5) is 11.2. The molecule has 0 amide bonds. The first-order valence-electron chi connectivity index (χ1n) is 9.98. The Morgan fingerprint density at radius 1 is 1.23 bits per heavy atom. The normalized spacial score (nSPS) is 19.8. The molecule has 0 unspecified atom stereocenters. The third-order valence-electron chi connectivity index (χ3n) is 5.22. The van der Waals surface area contributed by atoms with Crippen LogP contribution in [0.3, 0.4) is 0 Å². The number of nitrogens with zero attached hydrogens (tertiary/aromatic N) is 3. The molecule has 1 N–H and O–H groups in total. The minimum Gasteiger partial charge on any atom is -0.474 e. The Bertz CT molecular complexity index is 579. The molecule has 1 aliphatic heterocycles. The molecule has 1 aromatic rings. The smallest absolute Gasteiger partial charge is 0.218 e. The Hall–Kier alpha value is -1.82. The molecule has 6 nitrogen and oxygen atoms in total. The van der Waals surface area contributed by atoms with Gasteiger partial charge in [0, 0.05) is 45.0 Å². The van der Waals surface area contributed by atoms with Crippen LogP contribution in [0.5, 0.6) is 5.88 Å². The van der Waals surface area contributed by atoms with Crippen LogP contribution in [-0.4, -0.2) is 54.8 Å². The van der Waals surface area contributed by atoms with Crippen molar-refractivity contribution < 1.29 is 9.47 Å². The van der Waals surface area contributed by atoms with Gasteiger partial charge < -0.3 is 19.7 Å². The molecule has 1 saturated heterocycles. The highest BCUT2D eigenvalue weighted by atomic mass is 16.5. The lowest BCUT2D eigenvalue weighted by atomic mass is 10.1. The molecular formula is C20H32N4O2. The average Bonchev–Trinajstić information content (AvgIpc) is 3.18. The molecule has 0 aromatic carbocycles. The summed E-state index contributed by atoms with van der Waals surface area (Å²) in [5.74, 6) is 1.70. The highest BCUT2D eigenvalue weighted by molar-refractivity contribution is 5.80. The van der Waals surface area contributed by atoms with Gasteiger partial charge in [-0.25, -0.2) is 4.98 Å². The van der Waals surface area contributed by atoms with Crippen LogP contribution >= 0.6 is 0 Å². The molecule has 0 atom stereocenters. The minimum absolute atomic E-state index is 0.320. The van der Waals surface area contributed by atoms with Crippen LogP contribution in [0.1, 0.15) is 51.0 Å². The van der Waals surface area contributed by atoms with Crippen molar-refractivity contribution in [2.75, 3.05) is 26.7 Å². The van der Waals surface area contributed by atoms with Crippen molar-refractivity contribution in [1.29, 1.82) is 0 Å². The molecule has 2 aliphatic rings. The van der Waals surface area contributed by atoms with Gasteiger partial charge in [0.1, 0.15) is 6.10 Å². The molecule has 3 rings (SSSR count). The van der Waals surface area contributed by atoms with E-state index < -0.39 is 0 Å². The van der Waals surface area contributed by atoms with Gasteiger partial charge in [-0.15, -0.1) is 0 Å². The standard InChI is InChI=1S/C20H32N4O2/c1-3-25-17-10-13-24(14-11-17)20(21-2)23-15-16-7-6-12-22-19(16)26-18-8-4-5-9-18/h6-7,12,17-18H,3-5,8-11,13-15H2,1-2H3,(H,21,23). The monoisotopic (exact) mass is 360 g/mol. The van der Waals surface area contributed by atoms with Crippen molar-refractivity contribution in [3.63, 3.8) is 0 Å². The lowest BCUT2D eigenvalue weighted by Crippen LogP contribution is -2.46. The zero-order chi connectivity index (χ0) is 18.2. The van der Waals surface area contributed by atoms with Crippen LogP contribution in [0.2, 0.25) is 0 Å². The Kier molecular flexibility index (Phi) is 7.12. The first-order valence-corrected chi connectivity index (χ1v) is 9.98. The molecular weight excluding hydrogens is 328 g/mol. The van der Waals surface area contributed by atoms with Gasteiger partial charge in [0.05, 0.1) is 6.10 Å². The van der Waals surface area contributed by atoms with Crippen LogP contribution in [0.4, 0.5) is 0 Å². The number of pyridine rings is 1. The van der Waals surface area contributed by atoms with Crippen molar-refractivity contribution in [2.45, 2.75) is 64.2 Å². The highest BCUT2D eigenvalue weighted by Crippen LogP contribution is 2.25. The molecule has 2 fully saturated rings. The number of hydrogen-bond donors (Lipinski definition) is 1. The second-order valence-electron chi connectivity index (χ2n) is 7.03. The zero-order valence-corrected chi connectivity index (χ0v) is 16.1. The number of rotatable bonds is 6. The van der Waals surface area contributed by atoms with Gasteiger partial charge in [-0.3, -0.25) is 4.99 Å². The summed E-state index contributed by atoms with van der Waals surface area (Å²) in [5.41, 5.74) is 1.09. The molecule has 26 heavy (non-hydrogen) atoms. The Morgan fingerprint density at radius 2 is 2.00 bits per heavy atom. The SMILES string of the molecule is CCOC1CCN(C(=NC)NCc2cccnc2OC2CCCC2)CC1. The van der Waals surface area contributed by atoms with Gasteiger partial charge >= 0.3 is 0 Å². The van der Waals surface area contributed by atoms with Crippen LogP contribution in [0.15, 0.2) is 23.3 Å². The van der Waals surface area contributed by atoms with Gasteiger partial charge in [0.15, 0.2) is 5.96 Å². The molecule has 144 valence electrons. The van der Waals surface area contributed by atoms with E-state index in [1.54, 1.807) is 6.20 Å². The molecule has 6 heteroatoms. The van der Waals surface area contributed by atoms with E-state index in [0.29, 0.717) is 18.8 Å². The van der Waals surface area contributed by atoms with E-state index in [-0.39, 0.29) is 0 Å². The number of nitrogens with one attached hydrogen (secondary N) is 1. The van der Waals surface area contributed by atoms with E-state index in [4.69, 9.17) is 9.47 Å². The third kappa shape index (κ3) is 5.10. The zero-order valence-electron chi connectivity index (χ0n) is 16.1. The Labute approximate surface area is 157 Å². The van der Waals surface area contributed by atoms with Crippen LogP contribution in [0.25, 0.3) is 0 Å². The first-order chi connectivity index (χ1) is 12.8. The Morgan fingerprint density at radius 3 is 2.69 bits per heavy atom. The number of piperidine rings is 1. The number of ether oxygens (including phenoxy) is 2. The third-order valence-corrected chi connectivity index (χ3v) is 5.22. The van der Waals surface area contributed by atoms with E-state index in [9.17, 15) is 0 Å². The van der Waals surface area contributed by atoms with E-state index in [1.165, 1.54) is 12.8 Å². The maximum absolute atomic E-state index is 6.14. The van der Waals surface area contributed by atoms with Crippen LogP contribution in [-0.2, 0) is 11.3 Å². The molecule has 0 radical (unpaired) electrons. The number of guanidine groups is 1. The number of aliphatic imine (C=N–C) groups is 1. The van der Waals surface area contributed by atoms with Crippen molar-refractivity contribution >= 4 is 5.96 Å². The summed E-state index contributed by atoms with van der Waals surface area (Å²) >= 11 is 0. The van der Waals surface area contributed by atoms with Gasteiger partial charge in [-0.05, 0) is 51.5 Å². The summed E-state index contributed by atoms with van der Waals surface area (Å²) < 4.78 is 11.9.